The van der Waals surface area contributed by atoms with Crippen molar-refractivity contribution in [3.05, 3.63) is 12.0 Å². The van der Waals surface area contributed by atoms with Crippen LogP contribution in [0.25, 0.3) is 0 Å². The number of fused-ring (bicyclic) bond motifs is 1. The molecule has 3 aliphatic rings. The summed E-state index contributed by atoms with van der Waals surface area (Å²) in [6, 6.07) is 0.572. The van der Waals surface area contributed by atoms with Gasteiger partial charge in [-0.15, -0.1) is 0 Å². The third-order valence-corrected chi connectivity index (χ3v) is 10.4. The van der Waals surface area contributed by atoms with Crippen molar-refractivity contribution in [3.8, 4) is 0 Å². The van der Waals surface area contributed by atoms with Crippen LogP contribution < -0.4 is 5.32 Å². The average molecular weight is 615 g/mol. The third-order valence-electron chi connectivity index (χ3n) is 4.64. The molecule has 0 aromatic carbocycles. The molecule has 1 aliphatic heterocycles. The Hall–Kier alpha value is 1.49. The summed E-state index contributed by atoms with van der Waals surface area (Å²) in [5, 5.41) is 13.4. The van der Waals surface area contributed by atoms with Crippen molar-refractivity contribution in [2.75, 3.05) is 0 Å². The number of halogens is 3. The fourth-order valence-corrected chi connectivity index (χ4v) is 6.38. The Bertz CT molecular complexity index is 393. The van der Waals surface area contributed by atoms with E-state index >= 15 is 0 Å². The second-order valence-electron chi connectivity index (χ2n) is 6.02. The minimum atomic E-state index is -0.149. The fraction of sp³-hybridized carbons (Fsp3) is 0.857. The first-order valence-electron chi connectivity index (χ1n) is 7.29. The van der Waals surface area contributed by atoms with E-state index in [-0.39, 0.29) is 12.2 Å². The van der Waals surface area contributed by atoms with Gasteiger partial charge in [0, 0.05) is 24.0 Å². The van der Waals surface area contributed by atoms with Crippen molar-refractivity contribution >= 4 is 67.8 Å². The second-order valence-corrected chi connectivity index (χ2v) is 10.7. The highest BCUT2D eigenvalue weighted by Crippen LogP contribution is 2.43. The average Bonchev–Trinajstić information content (AvgIpc) is 2.82. The standard InChI is InChI=1S/C14H20I3NO2/c15-8-2-3-10-13(14(8)17)12(6-18-10)20-7-1-4-11(19)9(16)5-7/h6-11,13-14,18-19H,1-5H2. The Kier molecular flexibility index (Phi) is 5.67. The van der Waals surface area contributed by atoms with Gasteiger partial charge in [0.2, 0.25) is 0 Å². The molecule has 0 radical (unpaired) electrons. The number of aliphatic hydroxyl groups excluding tert-OH is 1. The lowest BCUT2D eigenvalue weighted by atomic mass is 9.85. The van der Waals surface area contributed by atoms with Crippen molar-refractivity contribution in [1.82, 2.24) is 5.32 Å². The van der Waals surface area contributed by atoms with Gasteiger partial charge in [-0.05, 0) is 32.1 Å². The van der Waals surface area contributed by atoms with Gasteiger partial charge in [-0.1, -0.05) is 67.8 Å². The van der Waals surface area contributed by atoms with Crippen LogP contribution in [-0.4, -0.2) is 35.1 Å². The van der Waals surface area contributed by atoms with Gasteiger partial charge in [0.25, 0.3) is 0 Å². The fourth-order valence-electron chi connectivity index (χ4n) is 3.43. The molecule has 114 valence electrons. The predicted molar refractivity (Wildman–Crippen MR) is 106 cm³/mol. The molecule has 3 nitrogen and oxygen atoms in total. The molecule has 2 fully saturated rings. The number of ether oxygens (including phenoxy) is 1. The lowest BCUT2D eigenvalue weighted by Crippen LogP contribution is -2.43. The lowest BCUT2D eigenvalue weighted by molar-refractivity contribution is 0.0278. The van der Waals surface area contributed by atoms with Crippen LogP contribution in [0.1, 0.15) is 32.1 Å². The van der Waals surface area contributed by atoms with Crippen LogP contribution in [0.3, 0.4) is 0 Å². The molecule has 2 saturated carbocycles. The summed E-state index contributed by atoms with van der Waals surface area (Å²) in [4.78, 5) is 0. The maximum atomic E-state index is 9.83. The van der Waals surface area contributed by atoms with E-state index in [1.165, 1.54) is 18.6 Å². The summed E-state index contributed by atoms with van der Waals surface area (Å²) in [5.41, 5.74) is 0. The molecule has 2 N–H and O–H groups in total. The maximum Gasteiger partial charge on any atom is 0.118 e. The van der Waals surface area contributed by atoms with Crippen molar-refractivity contribution in [1.29, 1.82) is 0 Å². The second kappa shape index (κ2) is 6.94. The predicted octanol–water partition coefficient (Wildman–Crippen LogP) is 3.55. The zero-order valence-corrected chi connectivity index (χ0v) is 17.6. The first-order valence-corrected chi connectivity index (χ1v) is 11.0. The summed E-state index contributed by atoms with van der Waals surface area (Å²) >= 11 is 7.56. The van der Waals surface area contributed by atoms with Crippen LogP contribution in [0.2, 0.25) is 0 Å². The molecule has 7 atom stereocenters. The molecular weight excluding hydrogens is 595 g/mol. The highest BCUT2D eigenvalue weighted by atomic mass is 127. The smallest absolute Gasteiger partial charge is 0.118 e. The van der Waals surface area contributed by atoms with E-state index in [2.05, 4.69) is 79.3 Å². The van der Waals surface area contributed by atoms with Crippen molar-refractivity contribution < 1.29 is 9.84 Å². The number of hydrogen-bond acceptors (Lipinski definition) is 3. The summed E-state index contributed by atoms with van der Waals surface area (Å²) in [6.45, 7) is 0. The molecule has 0 amide bonds. The summed E-state index contributed by atoms with van der Waals surface area (Å²) in [7, 11) is 0. The van der Waals surface area contributed by atoms with E-state index in [9.17, 15) is 5.11 Å². The molecule has 0 saturated heterocycles. The molecule has 0 aromatic rings. The summed E-state index contributed by atoms with van der Waals surface area (Å²) in [5.74, 6) is 1.70. The van der Waals surface area contributed by atoms with Crippen molar-refractivity contribution in [2.24, 2.45) is 5.92 Å². The summed E-state index contributed by atoms with van der Waals surface area (Å²) < 4.78 is 8.06. The molecule has 20 heavy (non-hydrogen) atoms. The molecule has 0 spiro atoms. The SMILES string of the molecule is OC1CCC(OC2=CNC3CCC(I)C(I)C23)CC1I. The van der Waals surface area contributed by atoms with Gasteiger partial charge in [-0.2, -0.15) is 0 Å². The zero-order chi connectivity index (χ0) is 14.3. The maximum absolute atomic E-state index is 9.83. The van der Waals surface area contributed by atoms with Gasteiger partial charge in [0.15, 0.2) is 0 Å². The Balaban J connectivity index is 1.63. The number of aliphatic hydroxyl groups is 1. The van der Waals surface area contributed by atoms with Gasteiger partial charge in [-0.25, -0.2) is 0 Å². The van der Waals surface area contributed by atoms with E-state index in [1.807, 2.05) is 0 Å². The van der Waals surface area contributed by atoms with Gasteiger partial charge in [0.05, 0.1) is 18.1 Å². The number of rotatable bonds is 2. The van der Waals surface area contributed by atoms with Gasteiger partial charge < -0.3 is 15.2 Å². The third kappa shape index (κ3) is 3.37. The molecule has 0 aromatic heterocycles. The van der Waals surface area contributed by atoms with Gasteiger partial charge in [-0.3, -0.25) is 0 Å². The Morgan fingerprint density at radius 2 is 1.90 bits per heavy atom. The zero-order valence-electron chi connectivity index (χ0n) is 11.1. The molecular formula is C14H20I3NO2. The molecule has 6 heteroatoms. The van der Waals surface area contributed by atoms with Crippen LogP contribution in [0.15, 0.2) is 12.0 Å². The van der Waals surface area contributed by atoms with E-state index in [1.54, 1.807) is 0 Å². The van der Waals surface area contributed by atoms with E-state index in [0.29, 0.717) is 19.8 Å². The monoisotopic (exact) mass is 615 g/mol. The Morgan fingerprint density at radius 3 is 2.65 bits per heavy atom. The van der Waals surface area contributed by atoms with Crippen molar-refractivity contribution in [2.45, 2.75) is 62.1 Å². The number of nitrogens with one attached hydrogen (secondary N) is 1. The van der Waals surface area contributed by atoms with E-state index < -0.39 is 0 Å². The topological polar surface area (TPSA) is 41.5 Å². The lowest BCUT2D eigenvalue weighted by Gasteiger charge is -2.37. The minimum Gasteiger partial charge on any atom is -0.493 e. The normalized spacial score (nSPS) is 48.2. The minimum absolute atomic E-state index is 0.149. The Labute approximate surface area is 161 Å². The molecule has 3 rings (SSSR count). The van der Waals surface area contributed by atoms with Gasteiger partial charge >= 0.3 is 0 Å². The van der Waals surface area contributed by atoms with Gasteiger partial charge in [0.1, 0.15) is 5.76 Å². The molecule has 0 bridgehead atoms. The highest BCUT2D eigenvalue weighted by Gasteiger charge is 2.43. The van der Waals surface area contributed by atoms with E-state index in [0.717, 1.165) is 23.2 Å². The largest absolute Gasteiger partial charge is 0.493 e. The highest BCUT2D eigenvalue weighted by molar-refractivity contribution is 14.1. The first kappa shape index (κ1) is 16.4. The molecule has 2 aliphatic carbocycles. The van der Waals surface area contributed by atoms with Crippen LogP contribution in [0.4, 0.5) is 0 Å². The number of hydrogen-bond donors (Lipinski definition) is 2. The van der Waals surface area contributed by atoms with Crippen LogP contribution in [0.5, 0.6) is 0 Å². The quantitative estimate of drug-likeness (QED) is 0.370. The molecule has 1 heterocycles. The number of alkyl halides is 3. The van der Waals surface area contributed by atoms with Crippen LogP contribution in [0, 0.1) is 5.92 Å². The van der Waals surface area contributed by atoms with Crippen LogP contribution >= 0.6 is 67.8 Å². The Morgan fingerprint density at radius 1 is 1.10 bits per heavy atom. The van der Waals surface area contributed by atoms with Crippen molar-refractivity contribution in [3.63, 3.8) is 0 Å². The van der Waals surface area contributed by atoms with Crippen LogP contribution in [-0.2, 0) is 4.74 Å². The first-order chi connectivity index (χ1) is 9.56. The van der Waals surface area contributed by atoms with E-state index in [4.69, 9.17) is 4.74 Å². The summed E-state index contributed by atoms with van der Waals surface area (Å²) in [6.07, 6.45) is 7.62. The molecule has 7 unspecified atom stereocenters.